The van der Waals surface area contributed by atoms with Gasteiger partial charge in [-0.25, -0.2) is 9.18 Å². The minimum absolute atomic E-state index is 0.0532. The van der Waals surface area contributed by atoms with Crippen molar-refractivity contribution < 1.29 is 29.0 Å². The van der Waals surface area contributed by atoms with E-state index in [1.54, 1.807) is 31.2 Å². The van der Waals surface area contributed by atoms with Crippen LogP contribution in [0.1, 0.15) is 25.0 Å². The number of halogens is 1. The number of aromatic hydroxyl groups is 1. The highest BCUT2D eigenvalue weighted by Crippen LogP contribution is 2.33. The molecule has 0 aliphatic heterocycles. The normalized spacial score (nSPS) is 11.2. The molecule has 6 nitrogen and oxygen atoms in total. The Morgan fingerprint density at radius 3 is 2.52 bits per heavy atom. The third kappa shape index (κ3) is 4.94. The van der Waals surface area contributed by atoms with Crippen molar-refractivity contribution in [3.05, 3.63) is 53.3 Å². The molecule has 132 valence electrons. The lowest BCUT2D eigenvalue weighted by Crippen LogP contribution is -2.05. The van der Waals surface area contributed by atoms with E-state index in [4.69, 9.17) is 9.84 Å². The molecule has 2 aromatic rings. The summed E-state index contributed by atoms with van der Waals surface area (Å²) >= 11 is 0. The first kappa shape index (κ1) is 18.3. The molecular formula is C18H18FNO5. The largest absolute Gasteiger partial charge is 0.504 e. The summed E-state index contributed by atoms with van der Waals surface area (Å²) in [6.45, 7) is 2.94. The highest BCUT2D eigenvalue weighted by molar-refractivity contribution is 5.98. The first-order chi connectivity index (χ1) is 11.9. The molecule has 2 N–H and O–H groups in total. The van der Waals surface area contributed by atoms with Crippen molar-refractivity contribution in [1.29, 1.82) is 0 Å². The van der Waals surface area contributed by atoms with Gasteiger partial charge in [-0.3, -0.25) is 0 Å². The molecule has 0 amide bonds. The van der Waals surface area contributed by atoms with Gasteiger partial charge in [0.05, 0.1) is 5.71 Å². The number of carboxylic acid groups (broad SMARTS) is 1. The molecule has 0 aliphatic carbocycles. The molecule has 0 heterocycles. The van der Waals surface area contributed by atoms with E-state index < -0.39 is 18.4 Å². The van der Waals surface area contributed by atoms with E-state index in [9.17, 15) is 14.3 Å². The van der Waals surface area contributed by atoms with Gasteiger partial charge in [-0.05, 0) is 49.2 Å². The Morgan fingerprint density at radius 1 is 1.20 bits per heavy atom. The van der Waals surface area contributed by atoms with Crippen LogP contribution < -0.4 is 4.74 Å². The Balaban J connectivity index is 2.15. The van der Waals surface area contributed by atoms with E-state index in [1.165, 1.54) is 12.1 Å². The highest BCUT2D eigenvalue weighted by atomic mass is 19.1. The smallest absolute Gasteiger partial charge is 0.344 e. The zero-order valence-corrected chi connectivity index (χ0v) is 13.8. The number of aliphatic carboxylic acids is 1. The summed E-state index contributed by atoms with van der Waals surface area (Å²) in [5.74, 6) is -1.77. The number of carbonyl (C=O) groups is 1. The number of hydrogen-bond donors (Lipinski definition) is 2. The number of phenolic OH excluding ortho intramolecular Hbond substituents is 1. The molecule has 0 radical (unpaired) electrons. The molecule has 0 bridgehead atoms. The predicted octanol–water partition coefficient (Wildman–Crippen LogP) is 3.71. The summed E-state index contributed by atoms with van der Waals surface area (Å²) < 4.78 is 19.6. The maximum atomic E-state index is 14.2. The van der Waals surface area contributed by atoms with E-state index >= 15 is 0 Å². The monoisotopic (exact) mass is 347 g/mol. The van der Waals surface area contributed by atoms with Crippen LogP contribution in [-0.2, 0) is 16.1 Å². The summed E-state index contributed by atoms with van der Waals surface area (Å²) in [7, 11) is 0. The summed E-state index contributed by atoms with van der Waals surface area (Å²) in [4.78, 5) is 15.0. The molecule has 0 saturated heterocycles. The van der Waals surface area contributed by atoms with Crippen molar-refractivity contribution in [2.24, 2.45) is 5.16 Å². The van der Waals surface area contributed by atoms with Crippen molar-refractivity contribution in [2.45, 2.75) is 20.3 Å². The molecule has 0 unspecified atom stereocenters. The molecule has 25 heavy (non-hydrogen) atoms. The molecule has 0 aromatic heterocycles. The lowest BCUT2D eigenvalue weighted by molar-refractivity contribution is -0.142. The van der Waals surface area contributed by atoms with Gasteiger partial charge in [-0.2, -0.15) is 0 Å². The summed E-state index contributed by atoms with van der Waals surface area (Å²) in [5.41, 5.74) is 1.68. The van der Waals surface area contributed by atoms with Crippen LogP contribution in [0.4, 0.5) is 4.39 Å². The van der Waals surface area contributed by atoms with Crippen molar-refractivity contribution in [3.63, 3.8) is 0 Å². The van der Waals surface area contributed by atoms with Gasteiger partial charge < -0.3 is 19.8 Å². The lowest BCUT2D eigenvalue weighted by atomic mass is 10.1. The molecule has 2 rings (SSSR count). The first-order valence-corrected chi connectivity index (χ1v) is 7.58. The van der Waals surface area contributed by atoms with Crippen LogP contribution in [0, 0.1) is 5.82 Å². The topological polar surface area (TPSA) is 88.4 Å². The Hall–Kier alpha value is -3.09. The molecule has 2 aromatic carbocycles. The number of benzene rings is 2. The Bertz CT molecular complexity index is 804. The average molecular weight is 347 g/mol. The number of oxime groups is 1. The van der Waals surface area contributed by atoms with Crippen molar-refractivity contribution in [3.8, 4) is 17.2 Å². The second kappa shape index (κ2) is 8.14. The average Bonchev–Trinajstić information content (AvgIpc) is 2.57. The Kier molecular flexibility index (Phi) is 5.94. The zero-order chi connectivity index (χ0) is 18.4. The van der Waals surface area contributed by atoms with Gasteiger partial charge in [0.1, 0.15) is 0 Å². The third-order valence-electron chi connectivity index (χ3n) is 3.39. The number of hydrogen-bond acceptors (Lipinski definition) is 5. The minimum Gasteiger partial charge on any atom is -0.504 e. The number of carboxylic acids is 1. The lowest BCUT2D eigenvalue weighted by Gasteiger charge is -2.10. The fourth-order valence-corrected chi connectivity index (χ4v) is 2.03. The summed E-state index contributed by atoms with van der Waals surface area (Å²) in [5, 5.41) is 22.0. The molecule has 0 saturated carbocycles. The van der Waals surface area contributed by atoms with Gasteiger partial charge in [-0.1, -0.05) is 18.1 Å². The van der Waals surface area contributed by atoms with Crippen LogP contribution in [0.3, 0.4) is 0 Å². The van der Waals surface area contributed by atoms with Crippen LogP contribution in [-0.4, -0.2) is 28.5 Å². The van der Waals surface area contributed by atoms with Crippen LogP contribution in [0.25, 0.3) is 0 Å². The van der Waals surface area contributed by atoms with E-state index in [0.29, 0.717) is 11.3 Å². The van der Waals surface area contributed by atoms with Gasteiger partial charge in [0.15, 0.2) is 23.1 Å². The molecule has 0 atom stereocenters. The van der Waals surface area contributed by atoms with Crippen LogP contribution in [0.2, 0.25) is 0 Å². The van der Waals surface area contributed by atoms with E-state index in [1.807, 2.05) is 6.92 Å². The van der Waals surface area contributed by atoms with Gasteiger partial charge >= 0.3 is 5.97 Å². The summed E-state index contributed by atoms with van der Waals surface area (Å²) in [6.07, 6.45) is 0.763. The van der Waals surface area contributed by atoms with Gasteiger partial charge in [0.25, 0.3) is 0 Å². The SMILES string of the molecule is CCc1ccc(Oc2ccc(C(C)=NOCC(=O)O)cc2F)c(O)c1. The second-order valence-electron chi connectivity index (χ2n) is 5.25. The minimum atomic E-state index is -1.15. The molecule has 7 heteroatoms. The number of ether oxygens (including phenoxy) is 1. The van der Waals surface area contributed by atoms with E-state index in [-0.39, 0.29) is 17.2 Å². The summed E-state index contributed by atoms with van der Waals surface area (Å²) in [6, 6.07) is 9.08. The number of phenols is 1. The van der Waals surface area contributed by atoms with Gasteiger partial charge in [0, 0.05) is 5.56 Å². The number of nitrogens with zero attached hydrogens (tertiary/aromatic N) is 1. The molecular weight excluding hydrogens is 329 g/mol. The fraction of sp³-hybridized carbons (Fsp3) is 0.222. The highest BCUT2D eigenvalue weighted by Gasteiger charge is 2.11. The van der Waals surface area contributed by atoms with Crippen LogP contribution >= 0.6 is 0 Å². The Morgan fingerprint density at radius 2 is 1.92 bits per heavy atom. The number of aryl methyl sites for hydroxylation is 1. The van der Waals surface area contributed by atoms with Crippen LogP contribution in [0.5, 0.6) is 17.2 Å². The third-order valence-corrected chi connectivity index (χ3v) is 3.39. The molecule has 0 fully saturated rings. The fourth-order valence-electron chi connectivity index (χ4n) is 2.03. The second-order valence-corrected chi connectivity index (χ2v) is 5.25. The van der Waals surface area contributed by atoms with Crippen LogP contribution in [0.15, 0.2) is 41.6 Å². The van der Waals surface area contributed by atoms with Crippen molar-refractivity contribution in [2.75, 3.05) is 6.61 Å². The first-order valence-electron chi connectivity index (χ1n) is 7.58. The Labute approximate surface area is 144 Å². The zero-order valence-electron chi connectivity index (χ0n) is 13.8. The van der Waals surface area contributed by atoms with E-state index in [0.717, 1.165) is 12.0 Å². The predicted molar refractivity (Wildman–Crippen MR) is 89.8 cm³/mol. The van der Waals surface area contributed by atoms with Gasteiger partial charge in [0.2, 0.25) is 6.61 Å². The van der Waals surface area contributed by atoms with E-state index in [2.05, 4.69) is 9.99 Å². The number of rotatable bonds is 7. The quantitative estimate of drug-likeness (QED) is 0.589. The van der Waals surface area contributed by atoms with Crippen molar-refractivity contribution in [1.82, 2.24) is 0 Å². The standard InChI is InChI=1S/C18H18FNO5/c1-3-12-4-6-17(15(21)8-12)25-16-7-5-13(9-14(16)19)11(2)20-24-10-18(22)23/h4-9,21H,3,10H2,1-2H3,(H,22,23). The molecule has 0 spiro atoms. The van der Waals surface area contributed by atoms with Gasteiger partial charge in [-0.15, -0.1) is 0 Å². The molecule has 0 aliphatic rings. The maximum absolute atomic E-state index is 14.2. The van der Waals surface area contributed by atoms with Crippen molar-refractivity contribution >= 4 is 11.7 Å². The maximum Gasteiger partial charge on any atom is 0.344 e.